The highest BCUT2D eigenvalue weighted by Gasteiger charge is 2.32. The number of thiazole rings is 1. The average Bonchev–Trinajstić information content (AvgIpc) is 3.19. The number of aromatic nitrogens is 1. The average molecular weight is 478 g/mol. The summed E-state index contributed by atoms with van der Waals surface area (Å²) >= 11 is 1.33. The van der Waals surface area contributed by atoms with Crippen LogP contribution in [0.2, 0.25) is 0 Å². The number of nitrogens with one attached hydrogen (secondary N) is 1. The summed E-state index contributed by atoms with van der Waals surface area (Å²) in [6.07, 6.45) is 5.63. The Balaban J connectivity index is 1.60. The van der Waals surface area contributed by atoms with Crippen LogP contribution < -0.4 is 20.2 Å². The number of hydrogen-bond donors (Lipinski definition) is 1. The van der Waals surface area contributed by atoms with Gasteiger partial charge in [0.05, 0.1) is 21.8 Å². The summed E-state index contributed by atoms with van der Waals surface area (Å²) in [7, 11) is 0. The van der Waals surface area contributed by atoms with E-state index in [9.17, 15) is 9.59 Å². The molecule has 1 N–H and O–H groups in total. The van der Waals surface area contributed by atoms with Crippen molar-refractivity contribution in [2.24, 2.45) is 4.99 Å². The molecular weight excluding hydrogens is 454 g/mol. The number of fused-ring (bicyclic) bond motifs is 1. The molecule has 172 valence electrons. The first-order chi connectivity index (χ1) is 17.1. The molecule has 4 aromatic rings. The predicted molar refractivity (Wildman–Crippen MR) is 142 cm³/mol. The van der Waals surface area contributed by atoms with Crippen molar-refractivity contribution in [1.82, 2.24) is 4.57 Å². The SMILES string of the molecule is CC1=C(C(=O)Nc2ccccc2)C(c2ccccc2)n2c(sc(=C/C=C\c3ccccc3)c2=O)=N1. The van der Waals surface area contributed by atoms with Gasteiger partial charge < -0.3 is 5.32 Å². The van der Waals surface area contributed by atoms with Gasteiger partial charge in [0.1, 0.15) is 0 Å². The summed E-state index contributed by atoms with van der Waals surface area (Å²) in [4.78, 5) is 32.3. The van der Waals surface area contributed by atoms with Crippen molar-refractivity contribution in [3.05, 3.63) is 139 Å². The molecule has 3 aromatic carbocycles. The first-order valence-electron chi connectivity index (χ1n) is 11.3. The molecule has 5 rings (SSSR count). The maximum Gasteiger partial charge on any atom is 0.271 e. The van der Waals surface area contributed by atoms with Gasteiger partial charge >= 0.3 is 0 Å². The zero-order chi connectivity index (χ0) is 24.2. The van der Waals surface area contributed by atoms with Crippen LogP contribution in [0.4, 0.5) is 5.69 Å². The number of carbonyl (C=O) groups is 1. The van der Waals surface area contributed by atoms with E-state index in [2.05, 4.69) is 10.3 Å². The van der Waals surface area contributed by atoms with Crippen molar-refractivity contribution >= 4 is 35.1 Å². The monoisotopic (exact) mass is 477 g/mol. The largest absolute Gasteiger partial charge is 0.322 e. The van der Waals surface area contributed by atoms with Gasteiger partial charge in [0.2, 0.25) is 0 Å². The van der Waals surface area contributed by atoms with Crippen LogP contribution in [0.15, 0.2) is 118 Å². The lowest BCUT2D eigenvalue weighted by atomic mass is 9.95. The molecule has 0 saturated heterocycles. The van der Waals surface area contributed by atoms with Crippen molar-refractivity contribution < 1.29 is 4.79 Å². The van der Waals surface area contributed by atoms with Gasteiger partial charge in [0.15, 0.2) is 4.80 Å². The number of allylic oxidation sites excluding steroid dienone is 2. The summed E-state index contributed by atoms with van der Waals surface area (Å²) in [6, 6.07) is 28.2. The molecule has 1 aromatic heterocycles. The minimum Gasteiger partial charge on any atom is -0.322 e. The highest BCUT2D eigenvalue weighted by Crippen LogP contribution is 2.30. The van der Waals surface area contributed by atoms with E-state index in [-0.39, 0.29) is 11.5 Å². The minimum atomic E-state index is -0.573. The molecule has 2 heterocycles. The van der Waals surface area contributed by atoms with Gasteiger partial charge in [-0.1, -0.05) is 102 Å². The zero-order valence-electron chi connectivity index (χ0n) is 19.1. The lowest BCUT2D eigenvalue weighted by Gasteiger charge is -2.25. The van der Waals surface area contributed by atoms with E-state index >= 15 is 0 Å². The van der Waals surface area contributed by atoms with E-state index in [0.29, 0.717) is 26.3 Å². The fourth-order valence-corrected chi connectivity index (χ4v) is 5.11. The zero-order valence-corrected chi connectivity index (χ0v) is 19.9. The third-order valence-corrected chi connectivity index (χ3v) is 6.75. The third kappa shape index (κ3) is 4.69. The molecule has 0 aliphatic carbocycles. The summed E-state index contributed by atoms with van der Waals surface area (Å²) < 4.78 is 2.20. The third-order valence-electron chi connectivity index (χ3n) is 5.75. The number of rotatable bonds is 5. The smallest absolute Gasteiger partial charge is 0.271 e. The highest BCUT2D eigenvalue weighted by atomic mass is 32.1. The summed E-state index contributed by atoms with van der Waals surface area (Å²) in [5.41, 5.74) is 3.48. The van der Waals surface area contributed by atoms with Gasteiger partial charge in [-0.2, -0.15) is 0 Å². The first-order valence-corrected chi connectivity index (χ1v) is 12.1. The first kappa shape index (κ1) is 22.5. The standard InChI is InChI=1S/C29H23N3O2S/c1-20-25(27(33)31-23-17-9-4-10-18-23)26(22-15-7-3-8-16-22)32-28(34)24(35-29(32)30-20)19-11-14-21-12-5-2-6-13-21/h2-19,26H,1H3,(H,31,33)/b14-11-,24-19?. The van der Waals surface area contributed by atoms with Crippen molar-refractivity contribution in [2.45, 2.75) is 13.0 Å². The molecule has 1 unspecified atom stereocenters. The molecule has 1 aliphatic rings. The molecule has 1 amide bonds. The number of benzene rings is 3. The van der Waals surface area contributed by atoms with Gasteiger partial charge in [0, 0.05) is 5.69 Å². The van der Waals surface area contributed by atoms with Crippen molar-refractivity contribution in [3.8, 4) is 0 Å². The molecule has 1 aliphatic heterocycles. The Labute approximate surface area is 206 Å². The van der Waals surface area contributed by atoms with Crippen LogP contribution in [0.5, 0.6) is 0 Å². The number of hydrogen-bond acceptors (Lipinski definition) is 4. The van der Waals surface area contributed by atoms with Crippen LogP contribution >= 0.6 is 11.3 Å². The van der Waals surface area contributed by atoms with Crippen LogP contribution in [0.1, 0.15) is 24.1 Å². The van der Waals surface area contributed by atoms with E-state index in [1.807, 2.05) is 116 Å². The second kappa shape index (κ2) is 9.91. The second-order valence-electron chi connectivity index (χ2n) is 8.10. The van der Waals surface area contributed by atoms with Crippen LogP contribution in [0.25, 0.3) is 12.2 Å². The fourth-order valence-electron chi connectivity index (χ4n) is 4.11. The normalized spacial score (nSPS) is 15.7. The Kier molecular flexibility index (Phi) is 6.37. The molecule has 35 heavy (non-hydrogen) atoms. The molecular formula is C29H23N3O2S. The summed E-state index contributed by atoms with van der Waals surface area (Å²) in [5.74, 6) is -0.274. The van der Waals surface area contributed by atoms with Gasteiger partial charge in [-0.3, -0.25) is 14.2 Å². The predicted octanol–water partition coefficient (Wildman–Crippen LogP) is 4.54. The lowest BCUT2D eigenvalue weighted by Crippen LogP contribution is -2.40. The lowest BCUT2D eigenvalue weighted by molar-refractivity contribution is -0.113. The number of anilines is 1. The van der Waals surface area contributed by atoms with E-state index in [0.717, 1.165) is 11.1 Å². The van der Waals surface area contributed by atoms with E-state index in [1.165, 1.54) is 11.3 Å². The Morgan fingerprint density at radius 2 is 1.57 bits per heavy atom. The van der Waals surface area contributed by atoms with Gasteiger partial charge in [-0.15, -0.1) is 0 Å². The van der Waals surface area contributed by atoms with Crippen LogP contribution in [0.3, 0.4) is 0 Å². The molecule has 0 fully saturated rings. The van der Waals surface area contributed by atoms with Crippen molar-refractivity contribution in [1.29, 1.82) is 0 Å². The van der Waals surface area contributed by atoms with E-state index in [4.69, 9.17) is 0 Å². The summed E-state index contributed by atoms with van der Waals surface area (Å²) in [6.45, 7) is 1.82. The maximum absolute atomic E-state index is 13.6. The van der Waals surface area contributed by atoms with Crippen molar-refractivity contribution in [2.75, 3.05) is 5.32 Å². The number of amides is 1. The number of nitrogens with zero attached hydrogens (tertiary/aromatic N) is 2. The molecule has 0 bridgehead atoms. The fraction of sp³-hybridized carbons (Fsp3) is 0.0690. The minimum absolute atomic E-state index is 0.169. The molecule has 0 saturated carbocycles. The highest BCUT2D eigenvalue weighted by molar-refractivity contribution is 7.07. The Bertz CT molecular complexity index is 1600. The van der Waals surface area contributed by atoms with E-state index in [1.54, 1.807) is 4.57 Å². The molecule has 5 nitrogen and oxygen atoms in total. The van der Waals surface area contributed by atoms with Crippen LogP contribution in [0, 0.1) is 0 Å². The Morgan fingerprint density at radius 3 is 2.26 bits per heavy atom. The molecule has 0 radical (unpaired) electrons. The quantitative estimate of drug-likeness (QED) is 0.459. The molecule has 1 atom stereocenters. The van der Waals surface area contributed by atoms with Gasteiger partial charge in [-0.25, -0.2) is 4.99 Å². The van der Waals surface area contributed by atoms with Crippen LogP contribution in [-0.2, 0) is 4.79 Å². The van der Waals surface area contributed by atoms with E-state index < -0.39 is 6.04 Å². The van der Waals surface area contributed by atoms with Crippen molar-refractivity contribution in [3.63, 3.8) is 0 Å². The summed E-state index contributed by atoms with van der Waals surface area (Å²) in [5, 5.41) is 2.96. The molecule has 0 spiro atoms. The number of carbonyl (C=O) groups excluding carboxylic acids is 1. The van der Waals surface area contributed by atoms with Gasteiger partial charge in [0.25, 0.3) is 11.5 Å². The number of para-hydroxylation sites is 1. The van der Waals surface area contributed by atoms with Crippen LogP contribution in [-0.4, -0.2) is 10.5 Å². The molecule has 6 heteroatoms. The van der Waals surface area contributed by atoms with Gasteiger partial charge in [-0.05, 0) is 36.3 Å². The topological polar surface area (TPSA) is 63.5 Å². The maximum atomic E-state index is 13.6. The Morgan fingerprint density at radius 1 is 0.943 bits per heavy atom. The second-order valence-corrected chi connectivity index (χ2v) is 9.11. The Hall–Kier alpha value is -4.29.